The lowest BCUT2D eigenvalue weighted by molar-refractivity contribution is -0.119. The van der Waals surface area contributed by atoms with Gasteiger partial charge in [0.2, 0.25) is 5.91 Å². The highest BCUT2D eigenvalue weighted by molar-refractivity contribution is 5.73. The Labute approximate surface area is 136 Å². The highest BCUT2D eigenvalue weighted by Crippen LogP contribution is 2.29. The highest BCUT2D eigenvalue weighted by Gasteiger charge is 2.22. The van der Waals surface area contributed by atoms with Crippen LogP contribution in [0.5, 0.6) is 6.01 Å². The molecule has 3 rings (SSSR count). The van der Waals surface area contributed by atoms with Gasteiger partial charge in [-0.05, 0) is 36.8 Å². The van der Waals surface area contributed by atoms with Crippen molar-refractivity contribution in [2.75, 3.05) is 6.61 Å². The van der Waals surface area contributed by atoms with Crippen molar-refractivity contribution < 1.29 is 9.53 Å². The van der Waals surface area contributed by atoms with E-state index in [1.807, 2.05) is 31.2 Å². The number of ether oxygens (including phenoxy) is 1. The van der Waals surface area contributed by atoms with E-state index >= 15 is 0 Å². The molecule has 1 aliphatic carbocycles. The predicted octanol–water partition coefficient (Wildman–Crippen LogP) is 3.13. The Morgan fingerprint density at radius 3 is 2.43 bits per heavy atom. The molecule has 1 atom stereocenters. The molecule has 1 aromatic carbocycles. The summed E-state index contributed by atoms with van der Waals surface area (Å²) in [4.78, 5) is 19.6. The molecular weight excluding hydrogens is 290 g/mol. The van der Waals surface area contributed by atoms with Gasteiger partial charge in [-0.15, -0.1) is 0 Å². The van der Waals surface area contributed by atoms with E-state index < -0.39 is 0 Å². The molecule has 1 aromatic heterocycles. The van der Waals surface area contributed by atoms with Crippen molar-refractivity contribution in [3.63, 3.8) is 0 Å². The van der Waals surface area contributed by atoms with Crippen LogP contribution in [0.2, 0.25) is 0 Å². The second-order valence-corrected chi connectivity index (χ2v) is 6.05. The molecular formula is C18H21N3O2. The SMILES string of the molecule is CC(=O)N[C@@H](C)c1ccc(-c2cnc(OCC3CC3)nc2)cc1. The van der Waals surface area contributed by atoms with Gasteiger partial charge in [-0.2, -0.15) is 0 Å². The maximum Gasteiger partial charge on any atom is 0.316 e. The van der Waals surface area contributed by atoms with Crippen LogP contribution in [0.1, 0.15) is 38.3 Å². The Morgan fingerprint density at radius 2 is 1.87 bits per heavy atom. The van der Waals surface area contributed by atoms with Crippen molar-refractivity contribution in [1.29, 1.82) is 0 Å². The second kappa shape index (κ2) is 6.77. The van der Waals surface area contributed by atoms with Gasteiger partial charge in [0, 0.05) is 24.9 Å². The fourth-order valence-corrected chi connectivity index (χ4v) is 2.37. The van der Waals surface area contributed by atoms with Gasteiger partial charge in [-0.3, -0.25) is 4.79 Å². The standard InChI is InChI=1S/C18H21N3O2/c1-12(21-13(2)22)15-5-7-16(8-6-15)17-9-19-18(20-10-17)23-11-14-3-4-14/h5-10,12,14H,3-4,11H2,1-2H3,(H,21,22)/t12-/m0/s1. The van der Waals surface area contributed by atoms with Crippen molar-refractivity contribution in [1.82, 2.24) is 15.3 Å². The molecule has 1 amide bonds. The van der Waals surface area contributed by atoms with Gasteiger partial charge in [0.25, 0.3) is 0 Å². The first-order chi connectivity index (χ1) is 11.1. The van der Waals surface area contributed by atoms with Gasteiger partial charge in [-0.1, -0.05) is 24.3 Å². The van der Waals surface area contributed by atoms with E-state index in [1.54, 1.807) is 12.4 Å². The minimum atomic E-state index is -0.0308. The number of aromatic nitrogens is 2. The Kier molecular flexibility index (Phi) is 4.55. The Morgan fingerprint density at radius 1 is 1.22 bits per heavy atom. The number of rotatable bonds is 6. The number of hydrogen-bond donors (Lipinski definition) is 1. The fourth-order valence-electron chi connectivity index (χ4n) is 2.37. The lowest BCUT2D eigenvalue weighted by Gasteiger charge is -2.13. The first-order valence-corrected chi connectivity index (χ1v) is 7.94. The fraction of sp³-hybridized carbons (Fsp3) is 0.389. The van der Waals surface area contributed by atoms with Crippen LogP contribution >= 0.6 is 0 Å². The largest absolute Gasteiger partial charge is 0.463 e. The predicted molar refractivity (Wildman–Crippen MR) is 87.9 cm³/mol. The number of hydrogen-bond acceptors (Lipinski definition) is 4. The molecule has 0 aliphatic heterocycles. The quantitative estimate of drug-likeness (QED) is 0.890. The van der Waals surface area contributed by atoms with Gasteiger partial charge in [-0.25, -0.2) is 9.97 Å². The van der Waals surface area contributed by atoms with Gasteiger partial charge in [0.15, 0.2) is 0 Å². The van der Waals surface area contributed by atoms with Crippen LogP contribution in [0.25, 0.3) is 11.1 Å². The average molecular weight is 311 g/mol. The molecule has 120 valence electrons. The van der Waals surface area contributed by atoms with Crippen molar-refractivity contribution >= 4 is 5.91 Å². The van der Waals surface area contributed by atoms with Crippen LogP contribution in [0, 0.1) is 5.92 Å². The molecule has 1 heterocycles. The molecule has 5 heteroatoms. The summed E-state index contributed by atoms with van der Waals surface area (Å²) in [5.74, 6) is 0.660. The lowest BCUT2D eigenvalue weighted by Crippen LogP contribution is -2.23. The molecule has 0 saturated heterocycles. The van der Waals surface area contributed by atoms with E-state index in [4.69, 9.17) is 4.74 Å². The van der Waals surface area contributed by atoms with Crippen molar-refractivity contribution in [2.45, 2.75) is 32.7 Å². The zero-order chi connectivity index (χ0) is 16.2. The molecule has 1 N–H and O–H groups in total. The second-order valence-electron chi connectivity index (χ2n) is 6.05. The smallest absolute Gasteiger partial charge is 0.316 e. The van der Waals surface area contributed by atoms with Crippen LogP contribution in [0.15, 0.2) is 36.7 Å². The molecule has 0 unspecified atom stereocenters. The van der Waals surface area contributed by atoms with E-state index in [0.717, 1.165) is 23.3 Å². The topological polar surface area (TPSA) is 64.1 Å². The summed E-state index contributed by atoms with van der Waals surface area (Å²) in [7, 11) is 0. The molecule has 1 fully saturated rings. The van der Waals surface area contributed by atoms with Crippen LogP contribution in [0.3, 0.4) is 0 Å². The van der Waals surface area contributed by atoms with Crippen molar-refractivity contribution in [3.8, 4) is 17.1 Å². The molecule has 2 aromatic rings. The molecule has 0 radical (unpaired) electrons. The van der Waals surface area contributed by atoms with E-state index in [2.05, 4.69) is 15.3 Å². The normalized spacial score (nSPS) is 15.0. The van der Waals surface area contributed by atoms with Crippen LogP contribution in [-0.2, 0) is 4.79 Å². The number of carbonyl (C=O) groups excluding carboxylic acids is 1. The molecule has 0 spiro atoms. The third-order valence-electron chi connectivity index (χ3n) is 3.94. The van der Waals surface area contributed by atoms with E-state index in [9.17, 15) is 4.79 Å². The van der Waals surface area contributed by atoms with Gasteiger partial charge >= 0.3 is 6.01 Å². The minimum Gasteiger partial charge on any atom is -0.463 e. The monoisotopic (exact) mass is 311 g/mol. The van der Waals surface area contributed by atoms with E-state index in [1.165, 1.54) is 19.8 Å². The van der Waals surface area contributed by atoms with Gasteiger partial charge in [0.1, 0.15) is 0 Å². The highest BCUT2D eigenvalue weighted by atomic mass is 16.5. The Bertz CT molecular complexity index is 664. The number of carbonyl (C=O) groups is 1. The number of amides is 1. The molecule has 1 aliphatic rings. The first kappa shape index (κ1) is 15.5. The van der Waals surface area contributed by atoms with Crippen LogP contribution in [-0.4, -0.2) is 22.5 Å². The third-order valence-corrected chi connectivity index (χ3v) is 3.94. The summed E-state index contributed by atoms with van der Waals surface area (Å²) in [6, 6.07) is 8.47. The summed E-state index contributed by atoms with van der Waals surface area (Å²) in [6.45, 7) is 4.20. The van der Waals surface area contributed by atoms with E-state index in [-0.39, 0.29) is 11.9 Å². The van der Waals surface area contributed by atoms with Crippen LogP contribution in [0.4, 0.5) is 0 Å². The maximum atomic E-state index is 11.1. The summed E-state index contributed by atoms with van der Waals surface area (Å²) in [5.41, 5.74) is 3.05. The van der Waals surface area contributed by atoms with Crippen molar-refractivity contribution in [3.05, 3.63) is 42.2 Å². The molecule has 5 nitrogen and oxygen atoms in total. The minimum absolute atomic E-state index is 0.00370. The van der Waals surface area contributed by atoms with Gasteiger partial charge in [0.05, 0.1) is 12.6 Å². The number of nitrogens with zero attached hydrogens (tertiary/aromatic N) is 2. The molecule has 1 saturated carbocycles. The Balaban J connectivity index is 1.65. The maximum absolute atomic E-state index is 11.1. The molecule has 23 heavy (non-hydrogen) atoms. The van der Waals surface area contributed by atoms with Crippen LogP contribution < -0.4 is 10.1 Å². The lowest BCUT2D eigenvalue weighted by atomic mass is 10.0. The summed E-state index contributed by atoms with van der Waals surface area (Å²) < 4.78 is 5.55. The molecule has 0 bridgehead atoms. The summed E-state index contributed by atoms with van der Waals surface area (Å²) >= 11 is 0. The first-order valence-electron chi connectivity index (χ1n) is 7.94. The number of benzene rings is 1. The van der Waals surface area contributed by atoms with Gasteiger partial charge < -0.3 is 10.1 Å². The zero-order valence-electron chi connectivity index (χ0n) is 13.5. The summed E-state index contributed by atoms with van der Waals surface area (Å²) in [6.07, 6.45) is 6.06. The average Bonchev–Trinajstić information content (AvgIpc) is 3.37. The third kappa shape index (κ3) is 4.28. The Hall–Kier alpha value is -2.43. The summed E-state index contributed by atoms with van der Waals surface area (Å²) in [5, 5.41) is 2.87. The zero-order valence-corrected chi connectivity index (χ0v) is 13.5. The number of nitrogens with one attached hydrogen (secondary N) is 1. The van der Waals surface area contributed by atoms with Crippen molar-refractivity contribution in [2.24, 2.45) is 5.92 Å². The van der Waals surface area contributed by atoms with E-state index in [0.29, 0.717) is 11.9 Å².